The number of pyridine rings is 2. The number of hydrogen-bond donors (Lipinski definition) is 2. The highest BCUT2D eigenvalue weighted by Crippen LogP contribution is 2.55. The first-order valence-corrected chi connectivity index (χ1v) is 13.7. The quantitative estimate of drug-likeness (QED) is 0.310. The number of nitrogens with zero attached hydrogens (tertiary/aromatic N) is 4. The van der Waals surface area contributed by atoms with Crippen LogP contribution in [0, 0.1) is 0 Å². The van der Waals surface area contributed by atoms with Gasteiger partial charge in [-0.15, -0.1) is 0 Å². The van der Waals surface area contributed by atoms with Crippen molar-refractivity contribution in [3.63, 3.8) is 0 Å². The van der Waals surface area contributed by atoms with Gasteiger partial charge in [-0.1, -0.05) is 12.5 Å². The van der Waals surface area contributed by atoms with Crippen molar-refractivity contribution in [2.24, 2.45) is 0 Å². The zero-order chi connectivity index (χ0) is 26.2. The second kappa shape index (κ2) is 10.4. The number of amides is 1. The second-order valence-corrected chi connectivity index (χ2v) is 10.9. The second-order valence-electron chi connectivity index (χ2n) is 10.1. The van der Waals surface area contributed by atoms with E-state index in [1.807, 2.05) is 45.5 Å². The molecule has 5 rings (SSSR count). The summed E-state index contributed by atoms with van der Waals surface area (Å²) >= 11 is -2.08. The fourth-order valence-electron chi connectivity index (χ4n) is 5.44. The van der Waals surface area contributed by atoms with Gasteiger partial charge in [-0.2, -0.15) is 0 Å². The largest absolute Gasteiger partial charge is 0.477 e. The number of rotatable bonds is 10. The first kappa shape index (κ1) is 25.7. The molecule has 1 saturated carbocycles. The van der Waals surface area contributed by atoms with Crippen LogP contribution < -0.4 is 14.4 Å². The van der Waals surface area contributed by atoms with Gasteiger partial charge < -0.3 is 14.5 Å². The number of carbonyl (C=O) groups excluding carboxylic acids is 1. The molecule has 3 aromatic rings. The summed E-state index contributed by atoms with van der Waals surface area (Å²) < 4.78 is 28.7. The van der Waals surface area contributed by atoms with Crippen LogP contribution in [-0.4, -0.2) is 70.4 Å². The van der Waals surface area contributed by atoms with E-state index in [9.17, 15) is 9.00 Å². The van der Waals surface area contributed by atoms with Gasteiger partial charge in [-0.05, 0) is 63.5 Å². The van der Waals surface area contributed by atoms with Gasteiger partial charge in [0.15, 0.2) is 0 Å². The predicted molar refractivity (Wildman–Crippen MR) is 145 cm³/mol. The number of carbonyl (C=O) groups is 1. The maximum Gasteiger partial charge on any atom is 0.237 e. The maximum atomic E-state index is 13.2. The van der Waals surface area contributed by atoms with Gasteiger partial charge in [-0.25, -0.2) is 13.9 Å². The Hall–Kier alpha value is -2.92. The van der Waals surface area contributed by atoms with Crippen LogP contribution in [0.3, 0.4) is 0 Å². The smallest absolute Gasteiger partial charge is 0.237 e. The summed E-state index contributed by atoms with van der Waals surface area (Å²) in [5, 5.41) is 1.01. The fourth-order valence-corrected chi connectivity index (χ4v) is 5.71. The lowest BCUT2D eigenvalue weighted by molar-refractivity contribution is -0.125. The van der Waals surface area contributed by atoms with E-state index in [1.54, 1.807) is 11.1 Å². The number of nitrogens with one attached hydrogen (secondary N) is 1. The molecule has 1 aromatic carbocycles. The molecular weight excluding hydrogens is 490 g/mol. The molecule has 1 amide bonds. The SMILES string of the molecule is CN(C)CCCOc1ncc(-c2ccc3ncc4c(c3c2)C2(CCC2)C(=O)N4C)cc1CCNS(=O)O. The molecule has 1 atom stereocenters. The third-order valence-electron chi connectivity index (χ3n) is 7.48. The molecule has 10 heteroatoms. The Balaban J connectivity index is 1.50. The third kappa shape index (κ3) is 4.86. The standard InChI is InChI=1S/C27H33N5O4S/c1-31(2)12-5-13-36-25-19(8-11-30-37(34)35)14-20(16-29-25)18-6-7-22-21(15-18)24-23(17-28-22)32(3)26(33)27(24)9-4-10-27/h6-7,14-17,30H,4-5,8-13H2,1-3H3,(H,34,35). The highest BCUT2D eigenvalue weighted by atomic mass is 32.2. The molecule has 2 N–H and O–H groups in total. The van der Waals surface area contributed by atoms with Crippen LogP contribution >= 0.6 is 0 Å². The van der Waals surface area contributed by atoms with Crippen LogP contribution in [0.5, 0.6) is 5.88 Å². The van der Waals surface area contributed by atoms with Crippen LogP contribution in [-0.2, 0) is 27.9 Å². The summed E-state index contributed by atoms with van der Waals surface area (Å²) in [7, 11) is 5.88. The molecule has 37 heavy (non-hydrogen) atoms. The van der Waals surface area contributed by atoms with E-state index in [-0.39, 0.29) is 5.91 Å². The van der Waals surface area contributed by atoms with Crippen LogP contribution in [0.15, 0.2) is 36.7 Å². The summed E-state index contributed by atoms with van der Waals surface area (Å²) in [6.45, 7) is 1.76. The zero-order valence-corrected chi connectivity index (χ0v) is 22.3. The topological polar surface area (TPSA) is 108 Å². The van der Waals surface area contributed by atoms with Crippen molar-refractivity contribution in [2.45, 2.75) is 37.5 Å². The lowest BCUT2D eigenvalue weighted by Crippen LogP contribution is -2.43. The van der Waals surface area contributed by atoms with E-state index >= 15 is 0 Å². The average Bonchev–Trinajstić information content (AvgIpc) is 3.09. The first-order chi connectivity index (χ1) is 17.8. The van der Waals surface area contributed by atoms with Gasteiger partial charge in [0.25, 0.3) is 0 Å². The van der Waals surface area contributed by atoms with E-state index in [4.69, 9.17) is 9.29 Å². The average molecular weight is 524 g/mol. The van der Waals surface area contributed by atoms with Gasteiger partial charge in [-0.3, -0.25) is 14.3 Å². The van der Waals surface area contributed by atoms with Crippen molar-refractivity contribution < 1.29 is 18.3 Å². The van der Waals surface area contributed by atoms with Crippen molar-refractivity contribution in [1.29, 1.82) is 0 Å². The van der Waals surface area contributed by atoms with E-state index in [2.05, 4.69) is 25.7 Å². The van der Waals surface area contributed by atoms with Gasteiger partial charge >= 0.3 is 0 Å². The third-order valence-corrected chi connectivity index (χ3v) is 7.93. The minimum absolute atomic E-state index is 0.168. The molecule has 3 heterocycles. The van der Waals surface area contributed by atoms with Crippen LogP contribution in [0.2, 0.25) is 0 Å². The number of fused-ring (bicyclic) bond motifs is 4. The van der Waals surface area contributed by atoms with Crippen LogP contribution in [0.4, 0.5) is 5.69 Å². The molecule has 0 bridgehead atoms. The van der Waals surface area contributed by atoms with Gasteiger partial charge in [0.2, 0.25) is 23.1 Å². The Labute approximate surface area is 219 Å². The van der Waals surface area contributed by atoms with Crippen molar-refractivity contribution in [2.75, 3.05) is 45.7 Å². The molecule has 9 nitrogen and oxygen atoms in total. The van der Waals surface area contributed by atoms with Crippen LogP contribution in [0.25, 0.3) is 22.0 Å². The number of hydrogen-bond acceptors (Lipinski definition) is 6. The van der Waals surface area contributed by atoms with E-state index in [0.29, 0.717) is 25.5 Å². The van der Waals surface area contributed by atoms with Gasteiger partial charge in [0, 0.05) is 48.4 Å². The van der Waals surface area contributed by atoms with Crippen molar-refractivity contribution >= 4 is 33.8 Å². The normalized spacial score (nSPS) is 16.9. The summed E-state index contributed by atoms with van der Waals surface area (Å²) in [5.41, 5.74) is 5.21. The fraction of sp³-hybridized carbons (Fsp3) is 0.444. The van der Waals surface area contributed by atoms with Crippen molar-refractivity contribution in [1.82, 2.24) is 19.6 Å². The Morgan fingerprint density at radius 1 is 1.19 bits per heavy atom. The molecule has 0 saturated heterocycles. The number of anilines is 1. The monoisotopic (exact) mass is 523 g/mol. The molecule has 1 aliphatic carbocycles. The molecule has 0 radical (unpaired) electrons. The Morgan fingerprint density at radius 3 is 2.70 bits per heavy atom. The predicted octanol–water partition coefficient (Wildman–Crippen LogP) is 3.29. The molecular formula is C27H33N5O4S. The minimum atomic E-state index is -2.08. The van der Waals surface area contributed by atoms with Crippen molar-refractivity contribution in [3.8, 4) is 17.0 Å². The highest BCUT2D eigenvalue weighted by molar-refractivity contribution is 7.77. The van der Waals surface area contributed by atoms with Crippen LogP contribution in [0.1, 0.15) is 36.8 Å². The lowest BCUT2D eigenvalue weighted by atomic mass is 9.64. The van der Waals surface area contributed by atoms with E-state index < -0.39 is 16.7 Å². The maximum absolute atomic E-state index is 13.2. The van der Waals surface area contributed by atoms with E-state index in [0.717, 1.165) is 71.1 Å². The summed E-state index contributed by atoms with van der Waals surface area (Å²) in [5.74, 6) is 0.707. The Morgan fingerprint density at radius 2 is 2.00 bits per heavy atom. The minimum Gasteiger partial charge on any atom is -0.477 e. The molecule has 1 spiro atoms. The first-order valence-electron chi connectivity index (χ1n) is 12.6. The Kier molecular flexibility index (Phi) is 7.26. The molecule has 196 valence electrons. The highest BCUT2D eigenvalue weighted by Gasteiger charge is 2.54. The molecule has 2 aromatic heterocycles. The Bertz CT molecular complexity index is 1360. The number of likely N-dealkylation sites (N-methyl/N-ethyl adjacent to an activating group) is 1. The number of benzene rings is 1. The number of aromatic nitrogens is 2. The summed E-state index contributed by atoms with van der Waals surface area (Å²) in [4.78, 5) is 26.3. The lowest BCUT2D eigenvalue weighted by Gasteiger charge is -2.37. The summed E-state index contributed by atoms with van der Waals surface area (Å²) in [6.07, 6.45) is 7.78. The van der Waals surface area contributed by atoms with Crippen molar-refractivity contribution in [3.05, 3.63) is 47.8 Å². The molecule has 1 aliphatic heterocycles. The zero-order valence-electron chi connectivity index (χ0n) is 21.5. The van der Waals surface area contributed by atoms with Gasteiger partial charge in [0.1, 0.15) is 0 Å². The molecule has 2 aliphatic rings. The molecule has 1 unspecified atom stereocenters. The summed E-state index contributed by atoms with van der Waals surface area (Å²) in [6, 6.07) is 8.18. The van der Waals surface area contributed by atoms with Gasteiger partial charge in [0.05, 0.1) is 29.4 Å². The molecule has 1 fully saturated rings. The van der Waals surface area contributed by atoms with E-state index in [1.165, 1.54) is 0 Å². The number of ether oxygens (including phenoxy) is 1.